The van der Waals surface area contributed by atoms with Gasteiger partial charge in [0.05, 0.1) is 33.6 Å². The van der Waals surface area contributed by atoms with Crippen LogP contribution in [0.3, 0.4) is 0 Å². The van der Waals surface area contributed by atoms with E-state index in [1.54, 1.807) is 19.1 Å². The van der Waals surface area contributed by atoms with Crippen molar-refractivity contribution < 1.29 is 27.8 Å². The van der Waals surface area contributed by atoms with E-state index in [2.05, 4.69) is 138 Å². The minimum absolute atomic E-state index is 0.00344. The molecule has 0 bridgehead atoms. The molecule has 0 saturated carbocycles. The summed E-state index contributed by atoms with van der Waals surface area (Å²) in [6.07, 6.45) is 7.13. The number of fused-ring (bicyclic) bond motifs is 3. The van der Waals surface area contributed by atoms with Gasteiger partial charge in [-0.3, -0.25) is 20.1 Å². The molecule has 0 spiro atoms. The molecule has 0 aliphatic carbocycles. The lowest BCUT2D eigenvalue weighted by Crippen LogP contribution is -2.19. The number of aromatic nitrogens is 6. The zero-order chi connectivity index (χ0) is 59.5. The van der Waals surface area contributed by atoms with Crippen molar-refractivity contribution in [2.75, 3.05) is 40.8 Å². The maximum absolute atomic E-state index is 13.5. The summed E-state index contributed by atoms with van der Waals surface area (Å²) >= 11 is 0. The molecule has 0 amide bonds. The number of hydrogen-bond acceptors (Lipinski definition) is 10. The SMILES string of the molecule is CCCCN(C)Cc1[nH]nc2ccc(OCc3cccc(C(C)(C)C)c3)cc12.CCCCN(C)Cc1[nH]nc2ccc(OCc3cccc(C(C)(F)F)c3)cc12.CCCCN(C)Cc1[nH]nc2ccc(OCc3cccc(C(C)=O)c3)cc12. The van der Waals surface area contributed by atoms with Crippen molar-refractivity contribution in [2.45, 2.75) is 145 Å². The largest absolute Gasteiger partial charge is 0.489 e. The fraction of sp³-hybridized carbons (Fsp3) is 0.412. The molecule has 83 heavy (non-hydrogen) atoms. The third-order valence-corrected chi connectivity index (χ3v) is 14.6. The van der Waals surface area contributed by atoms with Gasteiger partial charge in [0.15, 0.2) is 5.78 Å². The molecule has 9 rings (SSSR count). The van der Waals surface area contributed by atoms with Crippen LogP contribution in [0, 0.1) is 0 Å². The minimum Gasteiger partial charge on any atom is -0.489 e. The summed E-state index contributed by atoms with van der Waals surface area (Å²) in [4.78, 5) is 18.4. The van der Waals surface area contributed by atoms with Crippen LogP contribution < -0.4 is 14.2 Å². The zero-order valence-corrected chi connectivity index (χ0v) is 50.8. The van der Waals surface area contributed by atoms with Crippen molar-refractivity contribution in [3.05, 3.63) is 178 Å². The lowest BCUT2D eigenvalue weighted by molar-refractivity contribution is 0.0173. The zero-order valence-electron chi connectivity index (χ0n) is 50.8. The number of rotatable bonds is 26. The lowest BCUT2D eigenvalue weighted by Gasteiger charge is -2.19. The summed E-state index contributed by atoms with van der Waals surface area (Å²) in [6, 6.07) is 40.4. The number of unbranched alkanes of at least 4 members (excludes halogenated alkanes) is 3. The first-order valence-electron chi connectivity index (χ1n) is 29.3. The number of ether oxygens (including phenoxy) is 3. The number of aromatic amines is 3. The molecule has 0 aliphatic heterocycles. The van der Waals surface area contributed by atoms with E-state index in [4.69, 9.17) is 14.2 Å². The van der Waals surface area contributed by atoms with Gasteiger partial charge in [-0.25, -0.2) is 8.78 Å². The Morgan fingerprint density at radius 1 is 0.482 bits per heavy atom. The number of Topliss-reactive ketones (excluding diaryl/α,β-unsaturated/α-hetero) is 1. The van der Waals surface area contributed by atoms with Gasteiger partial charge >= 0.3 is 0 Å². The second-order valence-electron chi connectivity index (χ2n) is 23.1. The Kier molecular flexibility index (Phi) is 23.0. The maximum Gasteiger partial charge on any atom is 0.270 e. The van der Waals surface area contributed by atoms with Gasteiger partial charge in [0.1, 0.15) is 37.1 Å². The number of nitrogens with zero attached hydrogens (tertiary/aromatic N) is 6. The van der Waals surface area contributed by atoms with Gasteiger partial charge in [0.2, 0.25) is 0 Å². The number of hydrogen-bond donors (Lipinski definition) is 3. The van der Waals surface area contributed by atoms with Crippen molar-refractivity contribution in [2.24, 2.45) is 0 Å². The highest BCUT2D eigenvalue weighted by molar-refractivity contribution is 5.94. The predicted molar refractivity (Wildman–Crippen MR) is 333 cm³/mol. The van der Waals surface area contributed by atoms with Crippen LogP contribution in [0.25, 0.3) is 32.7 Å². The van der Waals surface area contributed by atoms with E-state index in [0.29, 0.717) is 30.1 Å². The number of halogens is 2. The molecule has 3 N–H and O–H groups in total. The highest BCUT2D eigenvalue weighted by Gasteiger charge is 2.24. The summed E-state index contributed by atoms with van der Waals surface area (Å²) in [7, 11) is 6.38. The van der Waals surface area contributed by atoms with Gasteiger partial charge in [-0.05, 0) is 161 Å². The molecular weight excluding hydrogens is 1040 g/mol. The number of nitrogens with one attached hydrogen (secondary N) is 3. The summed E-state index contributed by atoms with van der Waals surface area (Å²) in [5.74, 6) is -0.416. The van der Waals surface area contributed by atoms with Crippen LogP contribution in [-0.2, 0) is 50.8 Å². The van der Waals surface area contributed by atoms with Gasteiger partial charge in [0.25, 0.3) is 5.92 Å². The second kappa shape index (κ2) is 30.2. The number of alkyl halides is 2. The number of carbonyl (C=O) groups excluding carboxylic acids is 1. The molecule has 442 valence electrons. The molecule has 3 aromatic heterocycles. The molecule has 0 saturated heterocycles. The molecule has 9 aromatic rings. The second-order valence-corrected chi connectivity index (χ2v) is 23.1. The van der Waals surface area contributed by atoms with Crippen molar-refractivity contribution in [1.29, 1.82) is 0 Å². The average molecular weight is 1130 g/mol. The van der Waals surface area contributed by atoms with Crippen LogP contribution in [0.2, 0.25) is 0 Å². The van der Waals surface area contributed by atoms with Gasteiger partial charge in [-0.1, -0.05) is 121 Å². The Morgan fingerprint density at radius 2 is 0.831 bits per heavy atom. The molecule has 6 aromatic carbocycles. The Bertz CT molecular complexity index is 3310. The summed E-state index contributed by atoms with van der Waals surface area (Å²) in [5.41, 5.74) is 11.2. The third kappa shape index (κ3) is 19.0. The average Bonchev–Trinajstić information content (AvgIpc) is 4.30. The Balaban J connectivity index is 0.000000179. The molecule has 0 radical (unpaired) electrons. The van der Waals surface area contributed by atoms with Gasteiger partial charge in [-0.15, -0.1) is 0 Å². The predicted octanol–water partition coefficient (Wildman–Crippen LogP) is 15.7. The van der Waals surface area contributed by atoms with Crippen molar-refractivity contribution in [3.8, 4) is 17.2 Å². The van der Waals surface area contributed by atoms with E-state index in [9.17, 15) is 13.6 Å². The smallest absolute Gasteiger partial charge is 0.270 e. The van der Waals surface area contributed by atoms with E-state index in [1.807, 2.05) is 72.8 Å². The fourth-order valence-electron chi connectivity index (χ4n) is 9.53. The first-order valence-corrected chi connectivity index (χ1v) is 29.3. The highest BCUT2D eigenvalue weighted by Crippen LogP contribution is 2.30. The van der Waals surface area contributed by atoms with Crippen LogP contribution in [0.4, 0.5) is 8.78 Å². The Labute approximate surface area is 490 Å². The van der Waals surface area contributed by atoms with Crippen molar-refractivity contribution in [1.82, 2.24) is 45.3 Å². The van der Waals surface area contributed by atoms with Crippen molar-refractivity contribution in [3.63, 3.8) is 0 Å². The Morgan fingerprint density at radius 3 is 1.18 bits per heavy atom. The topological polar surface area (TPSA) is 141 Å². The molecule has 0 fully saturated rings. The number of benzene rings is 6. The van der Waals surface area contributed by atoms with Crippen LogP contribution in [0.5, 0.6) is 17.2 Å². The van der Waals surface area contributed by atoms with Crippen LogP contribution >= 0.6 is 0 Å². The van der Waals surface area contributed by atoms with E-state index in [1.165, 1.54) is 48.9 Å². The van der Waals surface area contributed by atoms with E-state index >= 15 is 0 Å². The first-order chi connectivity index (χ1) is 39.8. The summed E-state index contributed by atoms with van der Waals surface area (Å²) < 4.78 is 44.9. The summed E-state index contributed by atoms with van der Waals surface area (Å²) in [5, 5.41) is 25.9. The van der Waals surface area contributed by atoms with E-state index in [0.717, 1.165) is 126 Å². The molecule has 15 heteroatoms. The van der Waals surface area contributed by atoms with Crippen molar-refractivity contribution >= 4 is 38.5 Å². The fourth-order valence-corrected chi connectivity index (χ4v) is 9.53. The van der Waals surface area contributed by atoms with E-state index < -0.39 is 5.92 Å². The lowest BCUT2D eigenvalue weighted by atomic mass is 9.86. The van der Waals surface area contributed by atoms with Gasteiger partial charge in [-0.2, -0.15) is 15.3 Å². The Hall–Kier alpha value is -7.46. The molecule has 0 unspecified atom stereocenters. The highest BCUT2D eigenvalue weighted by atomic mass is 19.3. The maximum atomic E-state index is 13.5. The number of H-pyrrole nitrogens is 3. The van der Waals surface area contributed by atoms with Crippen LogP contribution in [-0.4, -0.2) is 91.9 Å². The monoisotopic (exact) mass is 1130 g/mol. The quantitative estimate of drug-likeness (QED) is 0.0449. The molecule has 0 atom stereocenters. The minimum atomic E-state index is -2.86. The first kappa shape index (κ1) is 63.1. The van der Waals surface area contributed by atoms with Crippen LogP contribution in [0.1, 0.15) is 149 Å². The molecular formula is C68H87F2N9O4. The van der Waals surface area contributed by atoms with Crippen LogP contribution in [0.15, 0.2) is 127 Å². The van der Waals surface area contributed by atoms with Gasteiger partial charge in [0, 0.05) is 53.8 Å². The molecule has 0 aliphatic rings. The number of carbonyl (C=O) groups is 1. The van der Waals surface area contributed by atoms with E-state index in [-0.39, 0.29) is 23.4 Å². The third-order valence-electron chi connectivity index (χ3n) is 14.6. The molecule has 3 heterocycles. The molecule has 13 nitrogen and oxygen atoms in total. The summed E-state index contributed by atoms with van der Waals surface area (Å²) in [6.45, 7) is 22.7. The standard InChI is InChI=1S/C24H33N3O.C22H27F2N3O.C22H27N3O2/c1-6-7-13-27(5)16-23-21-15-20(11-12-22(21)25-26-23)28-17-18-9-8-10-19(14-18)24(2,3)4;1-4-5-11-27(3)14-21-19-13-18(9-10-20(19)25-26-21)28-15-16-7-6-8-17(12-16)22(2,23)24;1-4-5-11-25(3)14-22-20-13-19(9-10-21(20)23-24-22)27-15-17-7-6-8-18(12-17)16(2)26/h8-12,14-15H,6-7,13,16-17H2,1-5H3,(H,25,26);6-10,12-13H,4-5,11,14-15H2,1-3H3,(H,25,26);6-10,12-13H,4-5,11,14-15H2,1-3H3,(H,23,24). The van der Waals surface area contributed by atoms with Gasteiger partial charge < -0.3 is 28.9 Å². The normalized spacial score (nSPS) is 11.8. The number of ketones is 1.